The molecule has 2 aromatic heterocycles. The molecular weight excluding hydrogens is 442 g/mol. The van der Waals surface area contributed by atoms with Crippen LogP contribution < -0.4 is 11.1 Å². The van der Waals surface area contributed by atoms with Gasteiger partial charge in [0.1, 0.15) is 42.4 Å². The van der Waals surface area contributed by atoms with E-state index in [0.29, 0.717) is 16.9 Å². The summed E-state index contributed by atoms with van der Waals surface area (Å²) in [5.74, 6) is -1.33. The number of carbonyl (C=O) groups excluding carboxylic acids is 2. The van der Waals surface area contributed by atoms with E-state index >= 15 is 0 Å². The Hall–Kier alpha value is -3.27. The van der Waals surface area contributed by atoms with Crippen molar-refractivity contribution in [3.63, 3.8) is 0 Å². The third-order valence-electron chi connectivity index (χ3n) is 5.54. The second kappa shape index (κ2) is 8.70. The number of likely N-dealkylation sites (tertiary alicyclic amines) is 1. The number of nitrogens with one attached hydrogen (secondary N) is 1. The molecule has 0 radical (unpaired) electrons. The van der Waals surface area contributed by atoms with Crippen molar-refractivity contribution < 1.29 is 18.4 Å². The summed E-state index contributed by atoms with van der Waals surface area (Å²) in [6.45, 7) is 1.36. The molecule has 2 atom stereocenters. The van der Waals surface area contributed by atoms with Gasteiger partial charge in [-0.05, 0) is 18.6 Å². The summed E-state index contributed by atoms with van der Waals surface area (Å²) in [4.78, 5) is 35.1. The first kappa shape index (κ1) is 21.9. The molecule has 0 bridgehead atoms. The third kappa shape index (κ3) is 4.10. The van der Waals surface area contributed by atoms with E-state index in [1.54, 1.807) is 16.8 Å². The number of benzene rings is 1. The maximum atomic E-state index is 14.2. The second-order valence-corrected chi connectivity index (χ2v) is 8.13. The van der Waals surface area contributed by atoms with E-state index in [0.717, 1.165) is 5.56 Å². The Bertz CT molecular complexity index is 1200. The van der Waals surface area contributed by atoms with Gasteiger partial charge in [-0.15, -0.1) is 0 Å². The lowest BCUT2D eigenvalue weighted by atomic mass is 10.1. The Morgan fingerprint density at radius 3 is 2.91 bits per heavy atom. The number of nitrogen functional groups attached to an aromatic ring is 1. The topological polar surface area (TPSA) is 106 Å². The van der Waals surface area contributed by atoms with Crippen LogP contribution in [-0.2, 0) is 22.7 Å². The Labute approximate surface area is 187 Å². The van der Waals surface area contributed by atoms with Gasteiger partial charge in [-0.3, -0.25) is 9.59 Å². The summed E-state index contributed by atoms with van der Waals surface area (Å²) in [7, 11) is 0. The van der Waals surface area contributed by atoms with E-state index in [1.165, 1.54) is 23.4 Å². The number of alkyl halides is 1. The molecule has 3 N–H and O–H groups in total. The van der Waals surface area contributed by atoms with Crippen molar-refractivity contribution >= 4 is 40.3 Å². The lowest BCUT2D eigenvalue weighted by molar-refractivity contribution is -0.139. The minimum Gasteiger partial charge on any atom is -0.383 e. The van der Waals surface area contributed by atoms with Gasteiger partial charge in [0.15, 0.2) is 0 Å². The van der Waals surface area contributed by atoms with Gasteiger partial charge in [0.05, 0.1) is 17.0 Å². The average Bonchev–Trinajstić information content (AvgIpc) is 3.30. The summed E-state index contributed by atoms with van der Waals surface area (Å²) in [6.07, 6.45) is 1.55. The molecule has 1 fully saturated rings. The standard InChI is InChI=1S/C21H21ClF2N6O2/c1-11-7-29(20-17(11)19(25)27-10-28-20)9-16(31)30-8-13(23)5-15(30)21(32)26-6-12-3-2-4-14(22)18(12)24/h2-4,7,10,13,15H,5-6,8-9H2,1H3,(H,26,32)(H2,25,27,28)/t13-,15-/m1/s1. The fraction of sp³-hybridized carbons (Fsp3) is 0.333. The van der Waals surface area contributed by atoms with Crippen LogP contribution in [-0.4, -0.2) is 50.0 Å². The van der Waals surface area contributed by atoms with Gasteiger partial charge in [-0.1, -0.05) is 23.7 Å². The highest BCUT2D eigenvalue weighted by molar-refractivity contribution is 6.30. The molecule has 11 heteroatoms. The van der Waals surface area contributed by atoms with Crippen LogP contribution in [0.1, 0.15) is 17.5 Å². The molecule has 8 nitrogen and oxygen atoms in total. The number of carbonyl (C=O) groups is 2. The maximum absolute atomic E-state index is 14.2. The van der Waals surface area contributed by atoms with Crippen molar-refractivity contribution in [3.8, 4) is 0 Å². The first-order chi connectivity index (χ1) is 15.3. The highest BCUT2D eigenvalue weighted by Gasteiger charge is 2.39. The monoisotopic (exact) mass is 462 g/mol. The van der Waals surface area contributed by atoms with Gasteiger partial charge in [-0.2, -0.15) is 0 Å². The molecule has 3 heterocycles. The van der Waals surface area contributed by atoms with Gasteiger partial charge in [-0.25, -0.2) is 18.7 Å². The van der Waals surface area contributed by atoms with Crippen molar-refractivity contribution in [2.75, 3.05) is 12.3 Å². The number of aromatic nitrogens is 3. The number of halogens is 3. The Morgan fingerprint density at radius 2 is 2.12 bits per heavy atom. The number of rotatable bonds is 5. The van der Waals surface area contributed by atoms with Crippen molar-refractivity contribution in [1.82, 2.24) is 24.8 Å². The second-order valence-electron chi connectivity index (χ2n) is 7.72. The molecule has 1 saturated heterocycles. The third-order valence-corrected chi connectivity index (χ3v) is 5.83. The number of nitrogens with two attached hydrogens (primary N) is 1. The first-order valence-corrected chi connectivity index (χ1v) is 10.3. The molecule has 32 heavy (non-hydrogen) atoms. The van der Waals surface area contributed by atoms with Crippen molar-refractivity contribution in [2.24, 2.45) is 0 Å². The van der Waals surface area contributed by atoms with E-state index in [4.69, 9.17) is 17.3 Å². The minimum atomic E-state index is -1.33. The van der Waals surface area contributed by atoms with Gasteiger partial charge < -0.3 is 20.5 Å². The van der Waals surface area contributed by atoms with Crippen LogP contribution >= 0.6 is 11.6 Å². The van der Waals surface area contributed by atoms with Crippen LogP contribution in [0.3, 0.4) is 0 Å². The summed E-state index contributed by atoms with van der Waals surface area (Å²) in [6, 6.07) is 3.46. The molecule has 3 aromatic rings. The highest BCUT2D eigenvalue weighted by atomic mass is 35.5. The molecule has 0 saturated carbocycles. The van der Waals surface area contributed by atoms with E-state index < -0.39 is 29.8 Å². The van der Waals surface area contributed by atoms with E-state index in [1.807, 2.05) is 6.92 Å². The normalized spacial score (nSPS) is 18.3. The van der Waals surface area contributed by atoms with Crippen LogP contribution in [0, 0.1) is 12.7 Å². The SMILES string of the molecule is Cc1cn(CC(=O)N2C[C@H](F)C[C@@H]2C(=O)NCc2cccc(Cl)c2F)c2ncnc(N)c12. The van der Waals surface area contributed by atoms with Crippen molar-refractivity contribution in [1.29, 1.82) is 0 Å². The first-order valence-electron chi connectivity index (χ1n) is 9.96. The van der Waals surface area contributed by atoms with Crippen LogP contribution in [0.15, 0.2) is 30.7 Å². The molecule has 0 aliphatic carbocycles. The van der Waals surface area contributed by atoms with Crippen molar-refractivity contribution in [3.05, 3.63) is 52.7 Å². The molecule has 1 aliphatic rings. The number of fused-ring (bicyclic) bond motifs is 1. The van der Waals surface area contributed by atoms with E-state index in [2.05, 4.69) is 15.3 Å². The van der Waals surface area contributed by atoms with Crippen LogP contribution in [0.5, 0.6) is 0 Å². The lowest BCUT2D eigenvalue weighted by Gasteiger charge is -2.24. The fourth-order valence-electron chi connectivity index (χ4n) is 4.00. The molecule has 1 aromatic carbocycles. The summed E-state index contributed by atoms with van der Waals surface area (Å²) >= 11 is 5.76. The highest BCUT2D eigenvalue weighted by Crippen LogP contribution is 2.25. The quantitative estimate of drug-likeness (QED) is 0.605. The largest absolute Gasteiger partial charge is 0.383 e. The number of hydrogen-bond acceptors (Lipinski definition) is 5. The number of nitrogens with zero attached hydrogens (tertiary/aromatic N) is 4. The lowest BCUT2D eigenvalue weighted by Crippen LogP contribution is -2.46. The molecule has 2 amide bonds. The Balaban J connectivity index is 1.49. The number of aryl methyl sites for hydroxylation is 1. The number of amides is 2. The van der Waals surface area contributed by atoms with Crippen LogP contribution in [0.4, 0.5) is 14.6 Å². The zero-order chi connectivity index (χ0) is 23.0. The average molecular weight is 463 g/mol. The molecule has 1 aliphatic heterocycles. The molecule has 168 valence electrons. The van der Waals surface area contributed by atoms with Crippen LogP contribution in [0.25, 0.3) is 11.0 Å². The van der Waals surface area contributed by atoms with E-state index in [9.17, 15) is 18.4 Å². The number of hydrogen-bond donors (Lipinski definition) is 2. The zero-order valence-corrected chi connectivity index (χ0v) is 17.9. The molecular formula is C21H21ClF2N6O2. The van der Waals surface area contributed by atoms with E-state index in [-0.39, 0.29) is 36.6 Å². The predicted octanol–water partition coefficient (Wildman–Crippen LogP) is 2.37. The Kier molecular flexibility index (Phi) is 5.96. The molecule has 0 unspecified atom stereocenters. The van der Waals surface area contributed by atoms with Gasteiger partial charge in [0.25, 0.3) is 0 Å². The summed E-state index contributed by atoms with van der Waals surface area (Å²) < 4.78 is 29.8. The van der Waals surface area contributed by atoms with Gasteiger partial charge in [0, 0.05) is 24.7 Å². The number of anilines is 1. The fourth-order valence-corrected chi connectivity index (χ4v) is 4.19. The molecule has 0 spiro atoms. The summed E-state index contributed by atoms with van der Waals surface area (Å²) in [5, 5.41) is 3.16. The maximum Gasteiger partial charge on any atom is 0.243 e. The van der Waals surface area contributed by atoms with Crippen LogP contribution in [0.2, 0.25) is 5.02 Å². The smallest absolute Gasteiger partial charge is 0.243 e. The minimum absolute atomic E-state index is 0.0584. The molecule has 4 rings (SSSR count). The van der Waals surface area contributed by atoms with Gasteiger partial charge in [0.2, 0.25) is 11.8 Å². The summed E-state index contributed by atoms with van der Waals surface area (Å²) in [5.41, 5.74) is 7.39. The van der Waals surface area contributed by atoms with Crippen molar-refractivity contribution in [2.45, 2.75) is 38.6 Å². The zero-order valence-electron chi connectivity index (χ0n) is 17.2. The Morgan fingerprint density at radius 1 is 1.34 bits per heavy atom. The predicted molar refractivity (Wildman–Crippen MR) is 115 cm³/mol. The van der Waals surface area contributed by atoms with Gasteiger partial charge >= 0.3 is 0 Å².